The molecule has 0 N–H and O–H groups in total. The number of aromatic nitrogens is 3. The Morgan fingerprint density at radius 3 is 2.52 bits per heavy atom. The highest BCUT2D eigenvalue weighted by atomic mass is 32.1. The van der Waals surface area contributed by atoms with Gasteiger partial charge in [0.15, 0.2) is 0 Å². The zero-order valence-electron chi connectivity index (χ0n) is 17.1. The Morgan fingerprint density at radius 1 is 1.03 bits per heavy atom. The Bertz CT molecular complexity index is 842. The molecule has 2 aromatic rings. The molecule has 0 radical (unpaired) electrons. The molecule has 1 saturated heterocycles. The Hall–Kier alpha value is -1.86. The van der Waals surface area contributed by atoms with Crippen molar-refractivity contribution in [3.8, 4) is 0 Å². The van der Waals surface area contributed by atoms with Crippen molar-refractivity contribution in [3.05, 3.63) is 39.4 Å². The summed E-state index contributed by atoms with van der Waals surface area (Å²) in [6.45, 7) is 5.81. The molecule has 0 spiro atoms. The lowest BCUT2D eigenvalue weighted by molar-refractivity contribution is 0.0706. The first-order valence-electron chi connectivity index (χ1n) is 11.0. The Kier molecular flexibility index (Phi) is 5.35. The third-order valence-electron chi connectivity index (χ3n) is 6.78. The molecular weight excluding hydrogens is 382 g/mol. The van der Waals surface area contributed by atoms with E-state index in [4.69, 9.17) is 4.98 Å². The number of piperidine rings is 1. The highest BCUT2D eigenvalue weighted by molar-refractivity contribution is 7.11. The second-order valence-corrected chi connectivity index (χ2v) is 9.77. The number of carbonyl (C=O) groups excluding carboxylic acids is 1. The molecule has 7 heteroatoms. The number of likely N-dealkylation sites (tertiary alicyclic amines) is 1. The summed E-state index contributed by atoms with van der Waals surface area (Å²) >= 11 is 1.94. The Morgan fingerprint density at radius 2 is 1.83 bits per heavy atom. The normalized spacial score (nSPS) is 21.5. The van der Waals surface area contributed by atoms with Crippen LogP contribution in [-0.4, -0.2) is 62.9 Å². The average Bonchev–Trinajstić information content (AvgIpc) is 3.02. The molecule has 0 atom stereocenters. The van der Waals surface area contributed by atoms with E-state index >= 15 is 0 Å². The summed E-state index contributed by atoms with van der Waals surface area (Å²) in [6, 6.07) is 0.837. The average molecular weight is 412 g/mol. The lowest BCUT2D eigenvalue weighted by atomic mass is 9.91. The SMILES string of the molecule is Cc1cnc(C(=O)N2CCC(c3nc4c(s3)CCN(C3CCC3)CC4)CC2)cn1. The number of hydrogen-bond donors (Lipinski definition) is 0. The van der Waals surface area contributed by atoms with E-state index in [2.05, 4.69) is 14.9 Å². The molecule has 1 amide bonds. The topological polar surface area (TPSA) is 62.2 Å². The number of carbonyl (C=O) groups is 1. The molecule has 5 rings (SSSR count). The maximum Gasteiger partial charge on any atom is 0.274 e. The first kappa shape index (κ1) is 19.1. The molecule has 0 bridgehead atoms. The molecule has 4 heterocycles. The van der Waals surface area contributed by atoms with Gasteiger partial charge >= 0.3 is 0 Å². The zero-order chi connectivity index (χ0) is 19.8. The first-order chi connectivity index (χ1) is 14.2. The third kappa shape index (κ3) is 3.94. The van der Waals surface area contributed by atoms with Crippen LogP contribution in [0.4, 0.5) is 0 Å². The highest BCUT2D eigenvalue weighted by Gasteiger charge is 2.30. The van der Waals surface area contributed by atoms with Crippen molar-refractivity contribution >= 4 is 17.2 Å². The van der Waals surface area contributed by atoms with Crippen molar-refractivity contribution in [3.63, 3.8) is 0 Å². The quantitative estimate of drug-likeness (QED) is 0.776. The van der Waals surface area contributed by atoms with Crippen LogP contribution in [0.25, 0.3) is 0 Å². The van der Waals surface area contributed by atoms with Gasteiger partial charge in [-0.2, -0.15) is 0 Å². The van der Waals surface area contributed by atoms with Gasteiger partial charge in [0.2, 0.25) is 0 Å². The van der Waals surface area contributed by atoms with Crippen molar-refractivity contribution in [2.45, 2.75) is 63.8 Å². The van der Waals surface area contributed by atoms with E-state index in [1.54, 1.807) is 12.4 Å². The lowest BCUT2D eigenvalue weighted by Crippen LogP contribution is -2.41. The van der Waals surface area contributed by atoms with Crippen LogP contribution in [0.3, 0.4) is 0 Å². The fourth-order valence-corrected chi connectivity index (χ4v) is 5.96. The largest absolute Gasteiger partial charge is 0.337 e. The molecule has 0 aromatic carbocycles. The molecule has 1 saturated carbocycles. The number of thiazole rings is 1. The number of hydrogen-bond acceptors (Lipinski definition) is 6. The molecule has 1 aliphatic carbocycles. The van der Waals surface area contributed by atoms with E-state index in [9.17, 15) is 4.79 Å². The molecular formula is C22H29N5OS. The summed E-state index contributed by atoms with van der Waals surface area (Å²) in [5.41, 5.74) is 2.63. The second-order valence-electron chi connectivity index (χ2n) is 8.65. The minimum Gasteiger partial charge on any atom is -0.337 e. The lowest BCUT2D eigenvalue weighted by Gasteiger charge is -2.36. The van der Waals surface area contributed by atoms with Crippen molar-refractivity contribution in [2.75, 3.05) is 26.2 Å². The van der Waals surface area contributed by atoms with Crippen LogP contribution in [-0.2, 0) is 12.8 Å². The third-order valence-corrected chi connectivity index (χ3v) is 8.10. The molecule has 29 heavy (non-hydrogen) atoms. The summed E-state index contributed by atoms with van der Waals surface area (Å²) in [5, 5.41) is 1.30. The number of aryl methyl sites for hydroxylation is 1. The predicted octanol–water partition coefficient (Wildman–Crippen LogP) is 3.21. The minimum absolute atomic E-state index is 0.00181. The summed E-state index contributed by atoms with van der Waals surface area (Å²) < 4.78 is 0. The van der Waals surface area contributed by atoms with Crippen LogP contribution >= 0.6 is 11.3 Å². The smallest absolute Gasteiger partial charge is 0.274 e. The highest BCUT2D eigenvalue weighted by Crippen LogP contribution is 2.35. The van der Waals surface area contributed by atoms with Gasteiger partial charge in [0.05, 0.1) is 22.6 Å². The van der Waals surface area contributed by atoms with E-state index < -0.39 is 0 Å². The van der Waals surface area contributed by atoms with Gasteiger partial charge in [0.25, 0.3) is 5.91 Å². The molecule has 2 fully saturated rings. The first-order valence-corrected chi connectivity index (χ1v) is 11.8. The van der Waals surface area contributed by atoms with Crippen LogP contribution < -0.4 is 0 Å². The molecule has 2 aromatic heterocycles. The maximum atomic E-state index is 12.7. The van der Waals surface area contributed by atoms with E-state index in [0.717, 1.165) is 50.5 Å². The Balaban J connectivity index is 1.19. The predicted molar refractivity (Wildman–Crippen MR) is 113 cm³/mol. The fourth-order valence-electron chi connectivity index (χ4n) is 4.69. The Labute approximate surface area is 176 Å². The van der Waals surface area contributed by atoms with Gasteiger partial charge in [0.1, 0.15) is 5.69 Å². The van der Waals surface area contributed by atoms with E-state index in [1.165, 1.54) is 47.9 Å². The van der Waals surface area contributed by atoms with Crippen molar-refractivity contribution in [1.29, 1.82) is 0 Å². The van der Waals surface area contributed by atoms with Crippen molar-refractivity contribution in [2.24, 2.45) is 0 Å². The van der Waals surface area contributed by atoms with Crippen LogP contribution in [0.5, 0.6) is 0 Å². The summed E-state index contributed by atoms with van der Waals surface area (Å²) in [4.78, 5) is 32.3. The zero-order valence-corrected chi connectivity index (χ0v) is 18.0. The van der Waals surface area contributed by atoms with Gasteiger partial charge < -0.3 is 4.90 Å². The summed E-state index contributed by atoms with van der Waals surface area (Å²) in [6.07, 6.45) is 11.7. The minimum atomic E-state index is 0.00181. The number of amides is 1. The van der Waals surface area contributed by atoms with Crippen LogP contribution in [0, 0.1) is 6.92 Å². The molecule has 0 unspecified atom stereocenters. The monoisotopic (exact) mass is 411 g/mol. The molecule has 3 aliphatic rings. The van der Waals surface area contributed by atoms with Crippen molar-refractivity contribution in [1.82, 2.24) is 24.8 Å². The van der Waals surface area contributed by atoms with Gasteiger partial charge in [-0.3, -0.25) is 14.7 Å². The standard InChI is InChI=1S/C22H29N5OS/c1-15-13-24-19(14-23-15)22(28)27-9-5-16(6-10-27)21-25-18-7-11-26(17-3-2-4-17)12-8-20(18)29-21/h13-14,16-17H,2-12H2,1H3. The fraction of sp³-hybridized carbons (Fsp3) is 0.636. The maximum absolute atomic E-state index is 12.7. The van der Waals surface area contributed by atoms with E-state index in [1.807, 2.05) is 23.2 Å². The van der Waals surface area contributed by atoms with Crippen molar-refractivity contribution < 1.29 is 4.79 Å². The van der Waals surface area contributed by atoms with Gasteiger partial charge in [-0.1, -0.05) is 6.42 Å². The molecule has 154 valence electrons. The second kappa shape index (κ2) is 8.11. The van der Waals surface area contributed by atoms with E-state index in [-0.39, 0.29) is 5.91 Å². The van der Waals surface area contributed by atoms with Gasteiger partial charge in [-0.15, -0.1) is 11.3 Å². The number of rotatable bonds is 3. The number of nitrogens with zero attached hydrogens (tertiary/aromatic N) is 5. The van der Waals surface area contributed by atoms with Crippen LogP contribution in [0.1, 0.15) is 69.8 Å². The van der Waals surface area contributed by atoms with Gasteiger partial charge in [0, 0.05) is 55.6 Å². The van der Waals surface area contributed by atoms with Crippen LogP contribution in [0.2, 0.25) is 0 Å². The molecule has 6 nitrogen and oxygen atoms in total. The van der Waals surface area contributed by atoms with E-state index in [0.29, 0.717) is 11.6 Å². The summed E-state index contributed by atoms with van der Waals surface area (Å²) in [5.74, 6) is 0.491. The number of fused-ring (bicyclic) bond motifs is 1. The van der Waals surface area contributed by atoms with Gasteiger partial charge in [-0.05, 0) is 39.0 Å². The summed E-state index contributed by atoms with van der Waals surface area (Å²) in [7, 11) is 0. The van der Waals surface area contributed by atoms with Crippen LogP contribution in [0.15, 0.2) is 12.4 Å². The van der Waals surface area contributed by atoms with Gasteiger partial charge in [-0.25, -0.2) is 9.97 Å². The molecule has 2 aliphatic heterocycles.